The molecule has 0 unspecified atom stereocenters. The number of rotatable bonds is 2. The predicted molar refractivity (Wildman–Crippen MR) is 88.2 cm³/mol. The zero-order valence-corrected chi connectivity index (χ0v) is 13.6. The smallest absolute Gasteiger partial charge is 0.274 e. The first kappa shape index (κ1) is 15.9. The van der Waals surface area contributed by atoms with Crippen LogP contribution in [0.1, 0.15) is 22.5 Å². The number of pyridine rings is 1. The van der Waals surface area contributed by atoms with Crippen molar-refractivity contribution in [3.63, 3.8) is 0 Å². The molecule has 2 heterocycles. The minimum Gasteiger partial charge on any atom is -0.503 e. The van der Waals surface area contributed by atoms with E-state index in [1.54, 1.807) is 27.7 Å². The Kier molecular flexibility index (Phi) is 4.33. The minimum atomic E-state index is -0.555. The number of hydrogen-bond donors (Lipinski definition) is 1. The van der Waals surface area contributed by atoms with Crippen LogP contribution in [-0.4, -0.2) is 27.0 Å². The molecule has 120 valence electrons. The van der Waals surface area contributed by atoms with Crippen LogP contribution < -0.4 is 5.43 Å². The standard InChI is InChI=1S/C16H14Cl2N2O3/c17-11-3-2-10(8-12(11)18)9-20-6-1-5-19-7-4-13(21)15(22)14(19)16(20)23/h2-4,7-8,22H,1,5-6,9H2. The Morgan fingerprint density at radius 1 is 1.09 bits per heavy atom. The van der Waals surface area contributed by atoms with Gasteiger partial charge in [-0.15, -0.1) is 0 Å². The number of nitrogens with zero attached hydrogens (tertiary/aromatic N) is 2. The number of amides is 1. The number of benzene rings is 1. The number of halogens is 2. The molecule has 0 bridgehead atoms. The fraction of sp³-hybridized carbons (Fsp3) is 0.250. The number of carbonyl (C=O) groups is 1. The summed E-state index contributed by atoms with van der Waals surface area (Å²) >= 11 is 11.9. The monoisotopic (exact) mass is 352 g/mol. The van der Waals surface area contributed by atoms with E-state index in [-0.39, 0.29) is 11.6 Å². The molecule has 0 atom stereocenters. The molecule has 0 aliphatic carbocycles. The summed E-state index contributed by atoms with van der Waals surface area (Å²) < 4.78 is 1.62. The van der Waals surface area contributed by atoms with Crippen LogP contribution in [0.2, 0.25) is 10.0 Å². The Morgan fingerprint density at radius 2 is 1.87 bits per heavy atom. The van der Waals surface area contributed by atoms with E-state index in [1.807, 2.05) is 0 Å². The van der Waals surface area contributed by atoms with Crippen LogP contribution in [0.5, 0.6) is 5.75 Å². The first-order valence-corrected chi connectivity index (χ1v) is 7.88. The van der Waals surface area contributed by atoms with Crippen molar-refractivity contribution in [3.8, 4) is 5.75 Å². The molecule has 0 saturated heterocycles. The van der Waals surface area contributed by atoms with Gasteiger partial charge in [0.05, 0.1) is 10.0 Å². The van der Waals surface area contributed by atoms with Gasteiger partial charge in [0.25, 0.3) is 5.91 Å². The highest BCUT2D eigenvalue weighted by molar-refractivity contribution is 6.42. The quantitative estimate of drug-likeness (QED) is 0.903. The molecule has 1 amide bonds. The van der Waals surface area contributed by atoms with Crippen molar-refractivity contribution in [2.24, 2.45) is 0 Å². The number of hydrogen-bond acceptors (Lipinski definition) is 3. The Labute approximate surface area is 142 Å². The number of fused-ring (bicyclic) bond motifs is 1. The molecule has 23 heavy (non-hydrogen) atoms. The van der Waals surface area contributed by atoms with Gasteiger partial charge in [-0.25, -0.2) is 0 Å². The van der Waals surface area contributed by atoms with Crippen molar-refractivity contribution in [3.05, 3.63) is 62.0 Å². The van der Waals surface area contributed by atoms with Crippen LogP contribution in [0.3, 0.4) is 0 Å². The second kappa shape index (κ2) is 6.26. The summed E-state index contributed by atoms with van der Waals surface area (Å²) in [5.41, 5.74) is 0.315. The average Bonchev–Trinajstić information content (AvgIpc) is 2.67. The summed E-state index contributed by atoms with van der Waals surface area (Å²) in [6.07, 6.45) is 2.26. The zero-order chi connectivity index (χ0) is 16.6. The van der Waals surface area contributed by atoms with Gasteiger partial charge < -0.3 is 14.6 Å². The maximum absolute atomic E-state index is 12.7. The number of aromatic hydroxyl groups is 1. The molecular formula is C16H14Cl2N2O3. The highest BCUT2D eigenvalue weighted by Crippen LogP contribution is 2.25. The van der Waals surface area contributed by atoms with Crippen molar-refractivity contribution in [1.29, 1.82) is 0 Å². The van der Waals surface area contributed by atoms with E-state index in [4.69, 9.17) is 23.2 Å². The summed E-state index contributed by atoms with van der Waals surface area (Å²) in [6, 6.07) is 6.45. The second-order valence-electron chi connectivity index (χ2n) is 5.40. The van der Waals surface area contributed by atoms with Crippen LogP contribution in [-0.2, 0) is 13.1 Å². The lowest BCUT2D eigenvalue weighted by Gasteiger charge is -2.21. The molecule has 3 rings (SSSR count). The van der Waals surface area contributed by atoms with E-state index in [2.05, 4.69) is 0 Å². The fourth-order valence-electron chi connectivity index (χ4n) is 2.67. The first-order chi connectivity index (χ1) is 11.0. The normalized spacial score (nSPS) is 14.5. The van der Waals surface area contributed by atoms with Gasteiger partial charge in [-0.05, 0) is 24.1 Å². The topological polar surface area (TPSA) is 62.5 Å². The van der Waals surface area contributed by atoms with E-state index < -0.39 is 11.2 Å². The molecule has 1 N–H and O–H groups in total. The molecule has 0 saturated carbocycles. The van der Waals surface area contributed by atoms with Gasteiger partial charge in [0.1, 0.15) is 0 Å². The van der Waals surface area contributed by atoms with Crippen molar-refractivity contribution in [2.45, 2.75) is 19.5 Å². The van der Waals surface area contributed by atoms with Gasteiger partial charge in [0.2, 0.25) is 5.43 Å². The van der Waals surface area contributed by atoms with Crippen LogP contribution in [0, 0.1) is 0 Å². The largest absolute Gasteiger partial charge is 0.503 e. The lowest BCUT2D eigenvalue weighted by molar-refractivity contribution is 0.0742. The van der Waals surface area contributed by atoms with Crippen molar-refractivity contribution >= 4 is 29.1 Å². The number of aromatic nitrogens is 1. The summed E-state index contributed by atoms with van der Waals surface area (Å²) in [5, 5.41) is 10.9. The van der Waals surface area contributed by atoms with Crippen molar-refractivity contribution in [2.75, 3.05) is 6.54 Å². The molecule has 1 aliphatic heterocycles. The van der Waals surface area contributed by atoms with Gasteiger partial charge >= 0.3 is 0 Å². The van der Waals surface area contributed by atoms with Gasteiger partial charge in [0.15, 0.2) is 11.4 Å². The van der Waals surface area contributed by atoms with Crippen LogP contribution in [0.15, 0.2) is 35.3 Å². The molecule has 0 spiro atoms. The summed E-state index contributed by atoms with van der Waals surface area (Å²) in [6.45, 7) is 1.42. The highest BCUT2D eigenvalue weighted by Gasteiger charge is 2.26. The number of aryl methyl sites for hydroxylation is 1. The van der Waals surface area contributed by atoms with Gasteiger partial charge in [-0.2, -0.15) is 0 Å². The highest BCUT2D eigenvalue weighted by atomic mass is 35.5. The maximum Gasteiger partial charge on any atom is 0.274 e. The predicted octanol–water partition coefficient (Wildman–Crippen LogP) is 2.91. The van der Waals surface area contributed by atoms with E-state index in [0.717, 1.165) is 12.0 Å². The van der Waals surface area contributed by atoms with E-state index in [9.17, 15) is 14.7 Å². The van der Waals surface area contributed by atoms with E-state index in [0.29, 0.717) is 29.7 Å². The SMILES string of the molecule is O=C1c2c(O)c(=O)ccn2CCCN1Cc1ccc(Cl)c(Cl)c1. The summed E-state index contributed by atoms with van der Waals surface area (Å²) in [4.78, 5) is 25.9. The molecule has 0 fully saturated rings. The summed E-state index contributed by atoms with van der Waals surface area (Å²) in [5.74, 6) is -0.873. The van der Waals surface area contributed by atoms with Crippen LogP contribution >= 0.6 is 23.2 Å². The van der Waals surface area contributed by atoms with E-state index >= 15 is 0 Å². The third kappa shape index (κ3) is 3.07. The van der Waals surface area contributed by atoms with Crippen molar-refractivity contribution in [1.82, 2.24) is 9.47 Å². The lowest BCUT2D eigenvalue weighted by Crippen LogP contribution is -2.31. The van der Waals surface area contributed by atoms with Crippen LogP contribution in [0.4, 0.5) is 0 Å². The molecule has 7 heteroatoms. The Balaban J connectivity index is 1.94. The Bertz CT molecular complexity index is 833. The molecule has 2 aromatic rings. The number of carbonyl (C=O) groups excluding carboxylic acids is 1. The van der Waals surface area contributed by atoms with Gasteiger partial charge in [0, 0.05) is 31.9 Å². The Hall–Kier alpha value is -1.98. The molecule has 1 aromatic heterocycles. The molecule has 1 aliphatic rings. The maximum atomic E-state index is 12.7. The lowest BCUT2D eigenvalue weighted by atomic mass is 10.2. The molecule has 0 radical (unpaired) electrons. The Morgan fingerprint density at radius 3 is 2.61 bits per heavy atom. The first-order valence-electron chi connectivity index (χ1n) is 7.13. The van der Waals surface area contributed by atoms with Gasteiger partial charge in [-0.1, -0.05) is 29.3 Å². The molecule has 5 nitrogen and oxygen atoms in total. The zero-order valence-electron chi connectivity index (χ0n) is 12.1. The van der Waals surface area contributed by atoms with Crippen molar-refractivity contribution < 1.29 is 9.90 Å². The fourth-order valence-corrected chi connectivity index (χ4v) is 2.99. The third-order valence-electron chi connectivity index (χ3n) is 3.83. The second-order valence-corrected chi connectivity index (χ2v) is 6.21. The molecule has 1 aromatic carbocycles. The summed E-state index contributed by atoms with van der Waals surface area (Å²) in [7, 11) is 0. The third-order valence-corrected chi connectivity index (χ3v) is 4.56. The minimum absolute atomic E-state index is 0.0371. The molecular weight excluding hydrogens is 339 g/mol. The average molecular weight is 353 g/mol. The van der Waals surface area contributed by atoms with Gasteiger partial charge in [-0.3, -0.25) is 9.59 Å². The van der Waals surface area contributed by atoms with E-state index in [1.165, 1.54) is 12.3 Å². The van der Waals surface area contributed by atoms with Crippen LogP contribution in [0.25, 0.3) is 0 Å².